The van der Waals surface area contributed by atoms with Gasteiger partial charge in [-0.25, -0.2) is 9.59 Å². The minimum atomic E-state index is -0.408. The Morgan fingerprint density at radius 2 is 1.67 bits per heavy atom. The number of esters is 1. The van der Waals surface area contributed by atoms with Crippen molar-refractivity contribution in [2.24, 2.45) is 0 Å². The van der Waals surface area contributed by atoms with Crippen molar-refractivity contribution in [3.05, 3.63) is 60.0 Å². The lowest BCUT2D eigenvalue weighted by Gasteiger charge is -2.36. The molecule has 1 fully saturated rings. The van der Waals surface area contributed by atoms with E-state index >= 15 is 0 Å². The quantitative estimate of drug-likeness (QED) is 0.588. The highest BCUT2D eigenvalue weighted by molar-refractivity contribution is 5.92. The largest absolute Gasteiger partial charge is 0.465 e. The van der Waals surface area contributed by atoms with Gasteiger partial charge in [-0.3, -0.25) is 0 Å². The van der Waals surface area contributed by atoms with Crippen LogP contribution in [0.4, 0.5) is 16.2 Å². The van der Waals surface area contributed by atoms with Gasteiger partial charge >= 0.3 is 12.0 Å². The van der Waals surface area contributed by atoms with Gasteiger partial charge < -0.3 is 24.4 Å². The molecule has 0 aliphatic carbocycles. The number of nitrogens with zero attached hydrogens (tertiary/aromatic N) is 4. The number of carbonyl (C=O) groups is 2. The van der Waals surface area contributed by atoms with Crippen LogP contribution in [-0.2, 0) is 4.74 Å². The molecular weight excluding hydrogens is 422 g/mol. The summed E-state index contributed by atoms with van der Waals surface area (Å²) in [7, 11) is 1.34. The number of benzene rings is 2. The number of methoxy groups -OCH3 is 1. The number of piperazine rings is 1. The van der Waals surface area contributed by atoms with E-state index in [1.807, 2.05) is 38.1 Å². The molecular formula is C24H27N5O4. The molecule has 2 amide bonds. The monoisotopic (exact) mass is 449 g/mol. The average molecular weight is 450 g/mol. The maximum Gasteiger partial charge on any atom is 0.337 e. The Hall–Kier alpha value is -3.88. The number of rotatable bonds is 5. The molecule has 2 aromatic carbocycles. The van der Waals surface area contributed by atoms with Crippen LogP contribution in [0.25, 0.3) is 11.4 Å². The van der Waals surface area contributed by atoms with Crippen LogP contribution in [0.5, 0.6) is 0 Å². The van der Waals surface area contributed by atoms with Crippen LogP contribution < -0.4 is 10.2 Å². The standard InChI is InChI=1S/C24H27N5O4/c1-16(2)22-26-21(27-33-22)17-6-10-20(11-7-17)28-12-14-29(15-13-28)24(31)25-19-8-4-18(5-9-19)23(30)32-3/h4-11,16H,12-15H2,1-3H3,(H,25,31). The lowest BCUT2D eigenvalue weighted by atomic mass is 10.1. The first kappa shape index (κ1) is 22.3. The highest BCUT2D eigenvalue weighted by atomic mass is 16.5. The van der Waals surface area contributed by atoms with Gasteiger partial charge in [-0.2, -0.15) is 4.98 Å². The van der Waals surface area contributed by atoms with Crippen LogP contribution in [0, 0.1) is 0 Å². The summed E-state index contributed by atoms with van der Waals surface area (Å²) in [6.07, 6.45) is 0. The fraction of sp³-hybridized carbons (Fsp3) is 0.333. The van der Waals surface area contributed by atoms with E-state index in [0.717, 1.165) is 24.3 Å². The predicted octanol–water partition coefficient (Wildman–Crippen LogP) is 4.00. The summed E-state index contributed by atoms with van der Waals surface area (Å²) in [6.45, 7) is 6.70. The second-order valence-electron chi connectivity index (χ2n) is 8.13. The minimum absolute atomic E-state index is 0.158. The highest BCUT2D eigenvalue weighted by Gasteiger charge is 2.22. The van der Waals surface area contributed by atoms with Crippen molar-refractivity contribution < 1.29 is 18.8 Å². The minimum Gasteiger partial charge on any atom is -0.465 e. The van der Waals surface area contributed by atoms with E-state index in [9.17, 15) is 9.59 Å². The Labute approximate surface area is 192 Å². The Morgan fingerprint density at radius 1 is 1.00 bits per heavy atom. The molecule has 0 unspecified atom stereocenters. The van der Waals surface area contributed by atoms with E-state index in [1.165, 1.54) is 7.11 Å². The van der Waals surface area contributed by atoms with E-state index in [1.54, 1.807) is 29.2 Å². The Morgan fingerprint density at radius 3 is 2.24 bits per heavy atom. The number of ether oxygens (including phenoxy) is 1. The normalized spacial score (nSPS) is 13.8. The summed E-state index contributed by atoms with van der Waals surface area (Å²) < 4.78 is 9.98. The molecule has 9 nitrogen and oxygen atoms in total. The lowest BCUT2D eigenvalue weighted by molar-refractivity contribution is 0.0600. The molecule has 1 N–H and O–H groups in total. The van der Waals surface area contributed by atoms with Crippen molar-refractivity contribution in [2.45, 2.75) is 19.8 Å². The molecule has 0 saturated carbocycles. The molecule has 0 spiro atoms. The maximum absolute atomic E-state index is 12.6. The summed E-state index contributed by atoms with van der Waals surface area (Å²) >= 11 is 0. The van der Waals surface area contributed by atoms with Crippen LogP contribution in [0.2, 0.25) is 0 Å². The first-order chi connectivity index (χ1) is 15.9. The molecule has 9 heteroatoms. The Bertz CT molecular complexity index is 1100. The number of amides is 2. The van der Waals surface area contributed by atoms with Crippen LogP contribution in [-0.4, -0.2) is 60.3 Å². The van der Waals surface area contributed by atoms with Crippen LogP contribution in [0.3, 0.4) is 0 Å². The van der Waals surface area contributed by atoms with E-state index in [4.69, 9.17) is 4.52 Å². The Kier molecular flexibility index (Phi) is 6.58. The molecule has 1 aliphatic rings. The topological polar surface area (TPSA) is 101 Å². The molecule has 172 valence electrons. The summed E-state index contributed by atoms with van der Waals surface area (Å²) in [5.74, 6) is 1.00. The molecule has 4 rings (SSSR count). The number of hydrogen-bond acceptors (Lipinski definition) is 7. The summed E-state index contributed by atoms with van der Waals surface area (Å²) in [4.78, 5) is 32.6. The fourth-order valence-corrected chi connectivity index (χ4v) is 3.59. The van der Waals surface area contributed by atoms with Crippen LogP contribution in [0.15, 0.2) is 53.1 Å². The van der Waals surface area contributed by atoms with Gasteiger partial charge in [-0.1, -0.05) is 19.0 Å². The summed E-state index contributed by atoms with van der Waals surface area (Å²) in [5.41, 5.74) is 3.07. The number of urea groups is 1. The van der Waals surface area contributed by atoms with Gasteiger partial charge in [0, 0.05) is 49.0 Å². The highest BCUT2D eigenvalue weighted by Crippen LogP contribution is 2.24. The van der Waals surface area contributed by atoms with Crippen LogP contribution in [0.1, 0.15) is 36.0 Å². The van der Waals surface area contributed by atoms with Crippen molar-refractivity contribution in [2.75, 3.05) is 43.5 Å². The van der Waals surface area contributed by atoms with Gasteiger partial charge in [0.05, 0.1) is 12.7 Å². The van der Waals surface area contributed by atoms with Crippen molar-refractivity contribution in [1.29, 1.82) is 0 Å². The summed E-state index contributed by atoms with van der Waals surface area (Å²) in [6, 6.07) is 14.5. The predicted molar refractivity (Wildman–Crippen MR) is 124 cm³/mol. The van der Waals surface area contributed by atoms with E-state index in [0.29, 0.717) is 36.1 Å². The van der Waals surface area contributed by atoms with Gasteiger partial charge in [0.15, 0.2) is 0 Å². The SMILES string of the molecule is COC(=O)c1ccc(NC(=O)N2CCN(c3ccc(-c4noc(C(C)C)n4)cc3)CC2)cc1. The molecule has 0 radical (unpaired) electrons. The summed E-state index contributed by atoms with van der Waals surface area (Å²) in [5, 5.41) is 6.94. The first-order valence-electron chi connectivity index (χ1n) is 10.9. The zero-order valence-electron chi connectivity index (χ0n) is 18.9. The van der Waals surface area contributed by atoms with Crippen molar-refractivity contribution in [3.63, 3.8) is 0 Å². The molecule has 3 aromatic rings. The third kappa shape index (κ3) is 5.14. The molecule has 1 saturated heterocycles. The van der Waals surface area contributed by atoms with Crippen molar-refractivity contribution in [1.82, 2.24) is 15.0 Å². The third-order valence-electron chi connectivity index (χ3n) is 5.55. The second-order valence-corrected chi connectivity index (χ2v) is 8.13. The molecule has 1 aromatic heterocycles. The van der Waals surface area contributed by atoms with Gasteiger partial charge in [0.25, 0.3) is 0 Å². The second kappa shape index (κ2) is 9.72. The van der Waals surface area contributed by atoms with E-state index in [-0.39, 0.29) is 11.9 Å². The number of anilines is 2. The van der Waals surface area contributed by atoms with E-state index in [2.05, 4.69) is 25.1 Å². The smallest absolute Gasteiger partial charge is 0.337 e. The van der Waals surface area contributed by atoms with Crippen molar-refractivity contribution >= 4 is 23.4 Å². The molecule has 0 atom stereocenters. The maximum atomic E-state index is 12.6. The molecule has 2 heterocycles. The number of aromatic nitrogens is 2. The number of hydrogen-bond donors (Lipinski definition) is 1. The van der Waals surface area contributed by atoms with Gasteiger partial charge in [0.2, 0.25) is 11.7 Å². The molecule has 33 heavy (non-hydrogen) atoms. The third-order valence-corrected chi connectivity index (χ3v) is 5.55. The van der Waals surface area contributed by atoms with Gasteiger partial charge in [-0.15, -0.1) is 0 Å². The zero-order chi connectivity index (χ0) is 23.4. The average Bonchev–Trinajstić information content (AvgIpc) is 3.35. The first-order valence-corrected chi connectivity index (χ1v) is 10.9. The number of nitrogens with one attached hydrogen (secondary N) is 1. The van der Waals surface area contributed by atoms with E-state index < -0.39 is 5.97 Å². The van der Waals surface area contributed by atoms with Crippen molar-refractivity contribution in [3.8, 4) is 11.4 Å². The van der Waals surface area contributed by atoms with Gasteiger partial charge in [0.1, 0.15) is 0 Å². The zero-order valence-corrected chi connectivity index (χ0v) is 18.9. The number of carbonyl (C=O) groups excluding carboxylic acids is 2. The molecule has 1 aliphatic heterocycles. The lowest BCUT2D eigenvalue weighted by Crippen LogP contribution is -2.50. The fourth-order valence-electron chi connectivity index (χ4n) is 3.59. The van der Waals surface area contributed by atoms with Gasteiger partial charge in [-0.05, 0) is 48.5 Å². The van der Waals surface area contributed by atoms with Crippen LogP contribution >= 0.6 is 0 Å². The molecule has 0 bridgehead atoms. The Balaban J connectivity index is 1.31.